The van der Waals surface area contributed by atoms with Crippen LogP contribution in [0.3, 0.4) is 0 Å². The number of aromatic nitrogens is 3. The number of nitriles is 1. The molecule has 1 saturated heterocycles. The van der Waals surface area contributed by atoms with Crippen LogP contribution in [0.15, 0.2) is 48.8 Å². The number of likely N-dealkylation sites (tertiary alicyclic amines) is 1. The van der Waals surface area contributed by atoms with E-state index in [2.05, 4.69) is 46.4 Å². The van der Waals surface area contributed by atoms with Gasteiger partial charge in [0, 0.05) is 36.5 Å². The number of aromatic amines is 1. The van der Waals surface area contributed by atoms with E-state index < -0.39 is 0 Å². The van der Waals surface area contributed by atoms with Gasteiger partial charge in [-0.3, -0.25) is 9.89 Å². The van der Waals surface area contributed by atoms with Gasteiger partial charge in [0.25, 0.3) is 5.91 Å². The van der Waals surface area contributed by atoms with Crippen LogP contribution >= 0.6 is 0 Å². The molecule has 6 heteroatoms. The van der Waals surface area contributed by atoms with Crippen molar-refractivity contribution in [3.8, 4) is 17.2 Å². The lowest BCUT2D eigenvalue weighted by Gasteiger charge is -2.32. The van der Waals surface area contributed by atoms with Crippen molar-refractivity contribution in [1.82, 2.24) is 20.1 Å². The first-order chi connectivity index (χ1) is 13.7. The summed E-state index contributed by atoms with van der Waals surface area (Å²) in [7, 11) is 0. The first kappa shape index (κ1) is 17.9. The highest BCUT2D eigenvalue weighted by molar-refractivity contribution is 5.94. The van der Waals surface area contributed by atoms with Gasteiger partial charge >= 0.3 is 0 Å². The molecular formula is C22H21N5O. The molecule has 4 rings (SSSR count). The molecule has 140 valence electrons. The number of amides is 1. The number of hydrogen-bond donors (Lipinski definition) is 1. The summed E-state index contributed by atoms with van der Waals surface area (Å²) in [5, 5.41) is 16.3. The normalized spacial score (nSPS) is 16.6. The lowest BCUT2D eigenvalue weighted by Crippen LogP contribution is -2.39. The van der Waals surface area contributed by atoms with E-state index in [0.29, 0.717) is 17.8 Å². The van der Waals surface area contributed by atoms with E-state index in [1.165, 1.54) is 11.8 Å². The summed E-state index contributed by atoms with van der Waals surface area (Å²) in [5.41, 5.74) is 5.36. The molecule has 28 heavy (non-hydrogen) atoms. The highest BCUT2D eigenvalue weighted by atomic mass is 16.2. The van der Waals surface area contributed by atoms with E-state index in [-0.39, 0.29) is 11.8 Å². The standard InChI is InChI=1S/C22H21N5O/c1-15-4-6-16(7-5-15)20-13-25-26-21(20)18-3-2-10-27(14-18)22(28)17-8-9-19(11-23)24-12-17/h4-9,12-13,18H,2-3,10,14H2,1H3,(H,25,26)/t18-/m0/s1. The van der Waals surface area contributed by atoms with Crippen molar-refractivity contribution in [1.29, 1.82) is 5.26 Å². The first-order valence-electron chi connectivity index (χ1n) is 9.41. The number of nitrogens with one attached hydrogen (secondary N) is 1. The Bertz CT molecular complexity index is 1010. The molecule has 6 nitrogen and oxygen atoms in total. The number of rotatable bonds is 3. The summed E-state index contributed by atoms with van der Waals surface area (Å²) in [6.07, 6.45) is 5.30. The number of carbonyl (C=O) groups excluding carboxylic acids is 1. The number of pyridine rings is 1. The summed E-state index contributed by atoms with van der Waals surface area (Å²) in [6, 6.07) is 13.6. The molecule has 2 aromatic heterocycles. The predicted octanol–water partition coefficient (Wildman–Crippen LogP) is 3.67. The molecule has 1 fully saturated rings. The fraction of sp³-hybridized carbons (Fsp3) is 0.273. The molecule has 1 N–H and O–H groups in total. The summed E-state index contributed by atoms with van der Waals surface area (Å²) < 4.78 is 0. The fourth-order valence-electron chi connectivity index (χ4n) is 3.74. The van der Waals surface area contributed by atoms with Crippen LogP contribution in [0.2, 0.25) is 0 Å². The lowest BCUT2D eigenvalue weighted by molar-refractivity contribution is 0.0705. The summed E-state index contributed by atoms with van der Waals surface area (Å²) in [6.45, 7) is 3.44. The Labute approximate surface area is 163 Å². The average Bonchev–Trinajstić information content (AvgIpc) is 3.24. The van der Waals surface area contributed by atoms with Gasteiger partial charge in [-0.05, 0) is 37.5 Å². The number of nitrogens with zero attached hydrogens (tertiary/aromatic N) is 4. The number of piperidine rings is 1. The number of H-pyrrole nitrogens is 1. The van der Waals surface area contributed by atoms with Crippen molar-refractivity contribution in [2.75, 3.05) is 13.1 Å². The number of aryl methyl sites for hydroxylation is 1. The molecule has 0 aliphatic carbocycles. The van der Waals surface area contributed by atoms with Crippen LogP contribution in [0.1, 0.15) is 46.1 Å². The molecule has 1 atom stereocenters. The summed E-state index contributed by atoms with van der Waals surface area (Å²) in [5.74, 6) is 0.168. The Kier molecular flexibility index (Phi) is 4.90. The fourth-order valence-corrected chi connectivity index (χ4v) is 3.74. The van der Waals surface area contributed by atoms with E-state index in [1.54, 1.807) is 12.1 Å². The van der Waals surface area contributed by atoms with Gasteiger partial charge < -0.3 is 4.90 Å². The molecule has 1 aliphatic rings. The molecule has 1 aliphatic heterocycles. The minimum Gasteiger partial charge on any atom is -0.338 e. The molecule has 0 radical (unpaired) electrons. The van der Waals surface area contributed by atoms with Crippen LogP contribution in [0, 0.1) is 18.3 Å². The van der Waals surface area contributed by atoms with E-state index in [0.717, 1.165) is 36.2 Å². The number of benzene rings is 1. The van der Waals surface area contributed by atoms with Crippen molar-refractivity contribution in [3.63, 3.8) is 0 Å². The summed E-state index contributed by atoms with van der Waals surface area (Å²) >= 11 is 0. The van der Waals surface area contributed by atoms with Gasteiger partial charge in [-0.25, -0.2) is 4.98 Å². The zero-order chi connectivity index (χ0) is 19.5. The highest BCUT2D eigenvalue weighted by Crippen LogP contribution is 2.33. The molecule has 1 amide bonds. The van der Waals surface area contributed by atoms with Gasteiger partial charge in [-0.2, -0.15) is 10.4 Å². The van der Waals surface area contributed by atoms with Crippen LogP contribution in [0.25, 0.3) is 11.1 Å². The topological polar surface area (TPSA) is 85.7 Å². The maximum Gasteiger partial charge on any atom is 0.255 e. The smallest absolute Gasteiger partial charge is 0.255 e. The Balaban J connectivity index is 1.54. The quantitative estimate of drug-likeness (QED) is 0.761. The maximum absolute atomic E-state index is 12.9. The van der Waals surface area contributed by atoms with Crippen LogP contribution in [0.5, 0.6) is 0 Å². The minimum absolute atomic E-state index is 0.0434. The van der Waals surface area contributed by atoms with E-state index in [1.807, 2.05) is 17.2 Å². The Morgan fingerprint density at radius 3 is 2.75 bits per heavy atom. The zero-order valence-corrected chi connectivity index (χ0v) is 15.7. The van der Waals surface area contributed by atoms with Crippen LogP contribution in [0.4, 0.5) is 0 Å². The number of hydrogen-bond acceptors (Lipinski definition) is 4. The predicted molar refractivity (Wildman–Crippen MR) is 106 cm³/mol. The third-order valence-corrected chi connectivity index (χ3v) is 5.27. The van der Waals surface area contributed by atoms with Crippen LogP contribution in [-0.4, -0.2) is 39.1 Å². The first-order valence-corrected chi connectivity index (χ1v) is 9.41. The van der Waals surface area contributed by atoms with Gasteiger partial charge in [0.15, 0.2) is 0 Å². The number of carbonyl (C=O) groups is 1. The van der Waals surface area contributed by atoms with Gasteiger partial charge in [0.05, 0.1) is 11.8 Å². The van der Waals surface area contributed by atoms with E-state index >= 15 is 0 Å². The molecule has 3 aromatic rings. The van der Waals surface area contributed by atoms with Crippen LogP contribution < -0.4 is 0 Å². The van der Waals surface area contributed by atoms with Gasteiger partial charge in [0.2, 0.25) is 0 Å². The second-order valence-corrected chi connectivity index (χ2v) is 7.20. The third kappa shape index (κ3) is 3.52. The Morgan fingerprint density at radius 2 is 2.04 bits per heavy atom. The van der Waals surface area contributed by atoms with Gasteiger partial charge in [0.1, 0.15) is 11.8 Å². The Morgan fingerprint density at radius 1 is 1.21 bits per heavy atom. The molecule has 0 spiro atoms. The van der Waals surface area contributed by atoms with Gasteiger partial charge in [-0.1, -0.05) is 29.8 Å². The van der Waals surface area contributed by atoms with Crippen molar-refractivity contribution in [2.45, 2.75) is 25.7 Å². The molecule has 3 heterocycles. The van der Waals surface area contributed by atoms with Crippen molar-refractivity contribution in [2.24, 2.45) is 0 Å². The SMILES string of the molecule is Cc1ccc(-c2cn[nH]c2[C@H]2CCCN(C(=O)c3ccc(C#N)nc3)C2)cc1. The molecular weight excluding hydrogens is 350 g/mol. The van der Waals surface area contributed by atoms with Gasteiger partial charge in [-0.15, -0.1) is 0 Å². The summed E-state index contributed by atoms with van der Waals surface area (Å²) in [4.78, 5) is 18.8. The largest absolute Gasteiger partial charge is 0.338 e. The zero-order valence-electron chi connectivity index (χ0n) is 15.7. The molecule has 0 unspecified atom stereocenters. The molecule has 0 saturated carbocycles. The average molecular weight is 371 g/mol. The van der Waals surface area contributed by atoms with Crippen molar-refractivity contribution < 1.29 is 4.79 Å². The van der Waals surface area contributed by atoms with E-state index in [9.17, 15) is 4.79 Å². The second-order valence-electron chi connectivity index (χ2n) is 7.20. The molecule has 0 bridgehead atoms. The second kappa shape index (κ2) is 7.65. The maximum atomic E-state index is 12.9. The van der Waals surface area contributed by atoms with Crippen molar-refractivity contribution >= 4 is 5.91 Å². The highest BCUT2D eigenvalue weighted by Gasteiger charge is 2.28. The molecule has 1 aromatic carbocycles. The van der Waals surface area contributed by atoms with E-state index in [4.69, 9.17) is 5.26 Å². The Hall–Kier alpha value is -3.46. The third-order valence-electron chi connectivity index (χ3n) is 5.27. The lowest BCUT2D eigenvalue weighted by atomic mass is 9.90. The monoisotopic (exact) mass is 371 g/mol. The minimum atomic E-state index is -0.0434. The van der Waals surface area contributed by atoms with Crippen molar-refractivity contribution in [3.05, 3.63) is 71.3 Å². The van der Waals surface area contributed by atoms with Crippen LogP contribution in [-0.2, 0) is 0 Å².